The second kappa shape index (κ2) is 23.9. The standard InChI is InChI=1S/C32H56O13/c1-5-6-7-8-9-10-11-12-13-14-15-16-17-18-28(39)45-30-29(42-23(3)35)27(21-40-22(2)34)44-32(31(30)43-24(4)36)41-20-26(38)25(37)19-33/h25-27,29-33,37-38H,5-21H2,1-4H3/t25-,26+,27-,29-,30+,31+,32-/m1/s1. The highest BCUT2D eigenvalue weighted by atomic mass is 16.7. The lowest BCUT2D eigenvalue weighted by molar-refractivity contribution is -0.312. The van der Waals surface area contributed by atoms with Crippen LogP contribution in [0.2, 0.25) is 0 Å². The number of esters is 4. The van der Waals surface area contributed by atoms with Crippen LogP contribution in [-0.4, -0.2) is 102 Å². The second-order valence-corrected chi connectivity index (χ2v) is 11.6. The van der Waals surface area contributed by atoms with E-state index in [1.807, 2.05) is 0 Å². The first-order valence-corrected chi connectivity index (χ1v) is 16.4. The molecule has 1 aliphatic heterocycles. The Morgan fingerprint density at radius 3 is 1.67 bits per heavy atom. The summed E-state index contributed by atoms with van der Waals surface area (Å²) in [6.45, 7) is 3.89. The average Bonchev–Trinajstić information content (AvgIpc) is 2.98. The van der Waals surface area contributed by atoms with Crippen molar-refractivity contribution in [2.45, 2.75) is 161 Å². The Morgan fingerprint density at radius 2 is 1.18 bits per heavy atom. The molecule has 0 saturated carbocycles. The van der Waals surface area contributed by atoms with Crippen LogP contribution < -0.4 is 0 Å². The zero-order valence-electron chi connectivity index (χ0n) is 27.5. The molecule has 13 heteroatoms. The number of aliphatic hydroxyl groups excluding tert-OH is 3. The van der Waals surface area contributed by atoms with Gasteiger partial charge in [0.1, 0.15) is 24.9 Å². The Hall–Kier alpha value is -2.32. The molecule has 1 fully saturated rings. The highest BCUT2D eigenvalue weighted by Crippen LogP contribution is 2.30. The summed E-state index contributed by atoms with van der Waals surface area (Å²) in [6, 6.07) is 0. The zero-order valence-corrected chi connectivity index (χ0v) is 27.5. The van der Waals surface area contributed by atoms with Crippen LogP contribution in [0.1, 0.15) is 118 Å². The molecular weight excluding hydrogens is 592 g/mol. The first-order chi connectivity index (χ1) is 21.5. The number of carbonyl (C=O) groups is 4. The molecule has 45 heavy (non-hydrogen) atoms. The van der Waals surface area contributed by atoms with E-state index in [0.29, 0.717) is 6.42 Å². The molecule has 0 aromatic rings. The normalized spacial score (nSPS) is 22.7. The maximum absolute atomic E-state index is 13.0. The Morgan fingerprint density at radius 1 is 0.667 bits per heavy atom. The minimum Gasteiger partial charge on any atom is -0.463 e. The van der Waals surface area contributed by atoms with Gasteiger partial charge in [0.2, 0.25) is 0 Å². The first-order valence-electron chi connectivity index (χ1n) is 16.4. The third-order valence-corrected chi connectivity index (χ3v) is 7.46. The van der Waals surface area contributed by atoms with Crippen LogP contribution in [-0.2, 0) is 47.6 Å². The number of carbonyl (C=O) groups excluding carboxylic acids is 4. The molecule has 0 spiro atoms. The highest BCUT2D eigenvalue weighted by molar-refractivity contribution is 5.70. The van der Waals surface area contributed by atoms with E-state index < -0.39 is 86.6 Å². The van der Waals surface area contributed by atoms with Crippen molar-refractivity contribution in [3.8, 4) is 0 Å². The van der Waals surface area contributed by atoms with Crippen LogP contribution in [0.5, 0.6) is 0 Å². The van der Waals surface area contributed by atoms with Crippen molar-refractivity contribution >= 4 is 23.9 Å². The summed E-state index contributed by atoms with van der Waals surface area (Å²) in [5, 5.41) is 28.9. The molecule has 0 unspecified atom stereocenters. The molecule has 0 aromatic carbocycles. The summed E-state index contributed by atoms with van der Waals surface area (Å²) >= 11 is 0. The lowest BCUT2D eigenvalue weighted by Crippen LogP contribution is -2.63. The fourth-order valence-electron chi connectivity index (χ4n) is 5.06. The molecule has 13 nitrogen and oxygen atoms in total. The van der Waals surface area contributed by atoms with E-state index in [-0.39, 0.29) is 6.42 Å². The van der Waals surface area contributed by atoms with Gasteiger partial charge in [-0.15, -0.1) is 0 Å². The van der Waals surface area contributed by atoms with Crippen molar-refractivity contribution in [2.75, 3.05) is 19.8 Å². The molecule has 0 aliphatic carbocycles. The van der Waals surface area contributed by atoms with Crippen molar-refractivity contribution in [2.24, 2.45) is 0 Å². The zero-order chi connectivity index (χ0) is 33.6. The van der Waals surface area contributed by atoms with Crippen molar-refractivity contribution in [1.29, 1.82) is 0 Å². The molecule has 7 atom stereocenters. The maximum atomic E-state index is 13.0. The lowest BCUT2D eigenvalue weighted by Gasteiger charge is -2.44. The fourth-order valence-corrected chi connectivity index (χ4v) is 5.06. The number of hydrogen-bond donors (Lipinski definition) is 3. The van der Waals surface area contributed by atoms with Crippen molar-refractivity contribution < 1.29 is 62.9 Å². The SMILES string of the molecule is CCCCCCCCCCCCCCCC(=O)O[C@@H]1[C@H](OC(C)=O)[C@H](OC[C@H](O)[C@H](O)CO)O[C@H](COC(C)=O)[C@H]1OC(C)=O. The van der Waals surface area contributed by atoms with Crippen LogP contribution in [0.3, 0.4) is 0 Å². The lowest BCUT2D eigenvalue weighted by atomic mass is 9.98. The summed E-state index contributed by atoms with van der Waals surface area (Å²) < 4.78 is 33.0. The van der Waals surface area contributed by atoms with Gasteiger partial charge in [-0.2, -0.15) is 0 Å². The third kappa shape index (κ3) is 17.8. The van der Waals surface area contributed by atoms with E-state index in [2.05, 4.69) is 6.92 Å². The van der Waals surface area contributed by atoms with Crippen molar-refractivity contribution in [1.82, 2.24) is 0 Å². The molecule has 1 aliphatic rings. The molecule has 1 heterocycles. The minimum atomic E-state index is -1.54. The van der Waals surface area contributed by atoms with Crippen LogP contribution in [0.4, 0.5) is 0 Å². The van der Waals surface area contributed by atoms with Gasteiger partial charge in [-0.3, -0.25) is 19.2 Å². The summed E-state index contributed by atoms with van der Waals surface area (Å²) in [7, 11) is 0. The molecule has 1 rings (SSSR count). The first kappa shape index (κ1) is 40.7. The molecule has 0 amide bonds. The Bertz CT molecular complexity index is 851. The minimum absolute atomic E-state index is 0.0657. The van der Waals surface area contributed by atoms with E-state index in [1.165, 1.54) is 58.3 Å². The number of rotatable bonds is 24. The van der Waals surface area contributed by atoms with Crippen LogP contribution in [0.25, 0.3) is 0 Å². The Labute approximate surface area is 267 Å². The van der Waals surface area contributed by atoms with Crippen molar-refractivity contribution in [3.05, 3.63) is 0 Å². The predicted octanol–water partition coefficient (Wildman–Crippen LogP) is 3.26. The largest absolute Gasteiger partial charge is 0.463 e. The summed E-state index contributed by atoms with van der Waals surface area (Å²) in [6.07, 6.45) is 4.99. The average molecular weight is 649 g/mol. The molecule has 0 bridgehead atoms. The van der Waals surface area contributed by atoms with Gasteiger partial charge in [0, 0.05) is 27.2 Å². The monoisotopic (exact) mass is 648 g/mol. The van der Waals surface area contributed by atoms with Gasteiger partial charge in [0.25, 0.3) is 0 Å². The molecule has 0 radical (unpaired) electrons. The molecule has 1 saturated heterocycles. The van der Waals surface area contributed by atoms with Crippen LogP contribution >= 0.6 is 0 Å². The van der Waals surface area contributed by atoms with Crippen molar-refractivity contribution in [3.63, 3.8) is 0 Å². The van der Waals surface area contributed by atoms with E-state index >= 15 is 0 Å². The summed E-state index contributed by atoms with van der Waals surface area (Å²) in [5.74, 6) is -2.82. The van der Waals surface area contributed by atoms with Gasteiger partial charge >= 0.3 is 23.9 Å². The van der Waals surface area contributed by atoms with E-state index in [4.69, 9.17) is 33.5 Å². The van der Waals surface area contributed by atoms with Gasteiger partial charge in [-0.1, -0.05) is 84.0 Å². The Balaban J connectivity index is 2.82. The van der Waals surface area contributed by atoms with E-state index in [0.717, 1.165) is 39.5 Å². The number of aliphatic hydroxyl groups is 3. The molecule has 262 valence electrons. The second-order valence-electron chi connectivity index (χ2n) is 11.6. The highest BCUT2D eigenvalue weighted by Gasteiger charge is 2.53. The molecular formula is C32H56O13. The van der Waals surface area contributed by atoms with Gasteiger partial charge < -0.3 is 43.7 Å². The number of hydrogen-bond acceptors (Lipinski definition) is 13. The number of unbranched alkanes of at least 4 members (excludes halogenated alkanes) is 12. The summed E-state index contributed by atoms with van der Waals surface area (Å²) in [5.41, 5.74) is 0. The third-order valence-electron chi connectivity index (χ3n) is 7.46. The van der Waals surface area contributed by atoms with Crippen LogP contribution in [0, 0.1) is 0 Å². The topological polar surface area (TPSA) is 184 Å². The Kier molecular flexibility index (Phi) is 21.7. The molecule has 3 N–H and O–H groups in total. The fraction of sp³-hybridized carbons (Fsp3) is 0.875. The maximum Gasteiger partial charge on any atom is 0.306 e. The predicted molar refractivity (Wildman–Crippen MR) is 162 cm³/mol. The van der Waals surface area contributed by atoms with E-state index in [9.17, 15) is 29.4 Å². The van der Waals surface area contributed by atoms with E-state index in [1.54, 1.807) is 0 Å². The summed E-state index contributed by atoms with van der Waals surface area (Å²) in [4.78, 5) is 48.6. The van der Waals surface area contributed by atoms with Gasteiger partial charge in [0.05, 0.1) is 13.2 Å². The molecule has 0 aromatic heterocycles. The van der Waals surface area contributed by atoms with Crippen LogP contribution in [0.15, 0.2) is 0 Å². The van der Waals surface area contributed by atoms with Gasteiger partial charge in [-0.05, 0) is 6.42 Å². The van der Waals surface area contributed by atoms with Gasteiger partial charge in [0.15, 0.2) is 24.6 Å². The quantitative estimate of drug-likeness (QED) is 0.0788. The number of ether oxygens (including phenoxy) is 6. The smallest absolute Gasteiger partial charge is 0.306 e. The van der Waals surface area contributed by atoms with Gasteiger partial charge in [-0.25, -0.2) is 0 Å².